The molecule has 0 saturated carbocycles. The van der Waals surface area contributed by atoms with Gasteiger partial charge in [-0.2, -0.15) is 0 Å². The van der Waals surface area contributed by atoms with Crippen LogP contribution in [-0.4, -0.2) is 7.74 Å². The van der Waals surface area contributed by atoms with Crippen molar-refractivity contribution < 1.29 is 0 Å². The maximum Gasteiger partial charge on any atom is 0.0923 e. The normalized spacial score (nSPS) is 12.1. The number of rotatable bonds is 22. The summed E-state index contributed by atoms with van der Waals surface area (Å²) in [6.45, 7) is 6.94. The molecule has 1 atom stereocenters. The predicted octanol–water partition coefficient (Wildman–Crippen LogP) is 10.3. The third-order valence-corrected chi connectivity index (χ3v) is 15.2. The minimum atomic E-state index is -1.21. The Balaban J connectivity index is 4.42. The minimum Gasteiger partial charge on any atom is -0.116 e. The van der Waals surface area contributed by atoms with Gasteiger partial charge in [-0.15, -0.1) is 6.42 Å². The van der Waals surface area contributed by atoms with Gasteiger partial charge in [-0.3, -0.25) is 0 Å². The van der Waals surface area contributed by atoms with E-state index in [4.69, 9.17) is 6.42 Å². The van der Waals surface area contributed by atoms with Crippen molar-refractivity contribution in [3.63, 3.8) is 0 Å². The fourth-order valence-corrected chi connectivity index (χ4v) is 12.3. The van der Waals surface area contributed by atoms with Crippen LogP contribution in [0.25, 0.3) is 0 Å². The Morgan fingerprint density at radius 1 is 0.500 bits per heavy atom. The zero-order valence-corrected chi connectivity index (χ0v) is 21.9. The summed E-state index contributed by atoms with van der Waals surface area (Å²) in [6, 6.07) is 4.60. The number of terminal acetylenes is 1. The molecule has 0 aliphatic heterocycles. The van der Waals surface area contributed by atoms with Crippen LogP contribution in [0.1, 0.15) is 136 Å². The van der Waals surface area contributed by atoms with Crippen LogP contribution < -0.4 is 0 Å². The van der Waals surface area contributed by atoms with E-state index in [-0.39, 0.29) is 0 Å². The molecule has 0 fully saturated rings. The van der Waals surface area contributed by atoms with Crippen LogP contribution in [0.4, 0.5) is 0 Å². The highest BCUT2D eigenvalue weighted by Crippen LogP contribution is 2.42. The number of hydrogen-bond donors (Lipinski definition) is 0. The monoisotopic (exact) mass is 424 g/mol. The molecule has 0 aromatic rings. The molecule has 0 radical (unpaired) electrons. The first-order valence-corrected chi connectivity index (χ1v) is 17.6. The van der Waals surface area contributed by atoms with Gasteiger partial charge >= 0.3 is 0 Å². The molecule has 0 aromatic heterocycles. The van der Waals surface area contributed by atoms with Gasteiger partial charge in [0.1, 0.15) is 0 Å². The first-order chi connectivity index (χ1) is 13.7. The molecule has 0 aromatic carbocycles. The molecule has 0 aliphatic carbocycles. The van der Waals surface area contributed by atoms with Crippen molar-refractivity contribution in [1.82, 2.24) is 0 Å². The first-order valence-electron chi connectivity index (χ1n) is 13.0. The molecular weight excluding hydrogens is 371 g/mol. The summed E-state index contributed by atoms with van der Waals surface area (Å²) in [5.74, 6) is 0. The Hall–Kier alpha value is 0.207. The second kappa shape index (κ2) is 21.9. The van der Waals surface area contributed by atoms with E-state index in [2.05, 4.69) is 26.4 Å². The second-order valence-electron chi connectivity index (χ2n) is 9.10. The molecule has 0 rings (SSSR count). The SMILES string of the molecule is C#CP[Si](CCCCCCCC)(CCCCCCCC)CCCCCCCC. The van der Waals surface area contributed by atoms with E-state index in [0.717, 1.165) is 8.13 Å². The van der Waals surface area contributed by atoms with Crippen LogP contribution in [0.2, 0.25) is 18.1 Å². The summed E-state index contributed by atoms with van der Waals surface area (Å²) in [4.78, 5) is 0. The predicted molar refractivity (Wildman–Crippen MR) is 137 cm³/mol. The van der Waals surface area contributed by atoms with Crippen molar-refractivity contribution in [2.75, 3.05) is 0 Å². The zero-order valence-electron chi connectivity index (χ0n) is 19.9. The van der Waals surface area contributed by atoms with E-state index >= 15 is 0 Å². The highest BCUT2D eigenvalue weighted by molar-refractivity contribution is 7.85. The van der Waals surface area contributed by atoms with Crippen molar-refractivity contribution >= 4 is 15.9 Å². The topological polar surface area (TPSA) is 0 Å². The summed E-state index contributed by atoms with van der Waals surface area (Å²) in [5, 5.41) is 0. The Labute approximate surface area is 182 Å². The van der Waals surface area contributed by atoms with Crippen LogP contribution in [0.3, 0.4) is 0 Å². The van der Waals surface area contributed by atoms with E-state index in [1.807, 2.05) is 0 Å². The molecule has 0 spiro atoms. The standard InChI is InChI=1S/C26H53PSi/c1-5-9-12-15-18-21-24-28(27-8-4,25-22-19-16-13-10-6-2)26-23-20-17-14-11-7-3/h4,27H,5-7,9-26H2,1-3H3. The lowest BCUT2D eigenvalue weighted by atomic mass is 10.1. The third kappa shape index (κ3) is 17.1. The lowest BCUT2D eigenvalue weighted by molar-refractivity contribution is 0.609. The summed E-state index contributed by atoms with van der Waals surface area (Å²) in [7, 11) is -0.330. The third-order valence-electron chi connectivity index (χ3n) is 6.36. The van der Waals surface area contributed by atoms with Crippen molar-refractivity contribution in [3.8, 4) is 12.1 Å². The van der Waals surface area contributed by atoms with E-state index in [1.54, 1.807) is 0 Å². The fraction of sp³-hybridized carbons (Fsp3) is 0.923. The van der Waals surface area contributed by atoms with E-state index in [0.29, 0.717) is 0 Å². The quantitative estimate of drug-likeness (QED) is 0.0701. The van der Waals surface area contributed by atoms with Gasteiger partial charge in [-0.05, 0) is 0 Å². The van der Waals surface area contributed by atoms with Gasteiger partial charge in [0.2, 0.25) is 0 Å². The molecule has 0 aliphatic rings. The summed E-state index contributed by atoms with van der Waals surface area (Å²) in [6.07, 6.45) is 31.7. The fourth-order valence-electron chi connectivity index (χ4n) is 4.45. The average Bonchev–Trinajstić information content (AvgIpc) is 2.70. The van der Waals surface area contributed by atoms with Crippen molar-refractivity contribution in [2.45, 2.75) is 154 Å². The molecular formula is C26H53PSi. The smallest absolute Gasteiger partial charge is 0.0923 e. The largest absolute Gasteiger partial charge is 0.116 e. The van der Waals surface area contributed by atoms with Crippen LogP contribution in [0.15, 0.2) is 0 Å². The van der Waals surface area contributed by atoms with Crippen LogP contribution >= 0.6 is 8.13 Å². The van der Waals surface area contributed by atoms with Gasteiger partial charge in [-0.1, -0.05) is 168 Å². The molecule has 0 nitrogen and oxygen atoms in total. The van der Waals surface area contributed by atoms with Gasteiger partial charge in [-0.25, -0.2) is 0 Å². The summed E-state index contributed by atoms with van der Waals surface area (Å²) in [5.41, 5.74) is 3.18. The van der Waals surface area contributed by atoms with Gasteiger partial charge in [0.15, 0.2) is 0 Å². The minimum absolute atomic E-state index is 0.880. The molecule has 166 valence electrons. The Bertz CT molecular complexity index is 306. The molecule has 0 N–H and O–H groups in total. The Kier molecular flexibility index (Phi) is 22.1. The zero-order chi connectivity index (χ0) is 20.8. The molecule has 2 heteroatoms. The maximum atomic E-state index is 5.92. The molecule has 0 heterocycles. The van der Waals surface area contributed by atoms with E-state index in [1.165, 1.54) is 134 Å². The average molecular weight is 425 g/mol. The lowest BCUT2D eigenvalue weighted by Gasteiger charge is -2.30. The first kappa shape index (κ1) is 28.2. The molecule has 0 bridgehead atoms. The highest BCUT2D eigenvalue weighted by Gasteiger charge is 2.30. The molecule has 0 amide bonds. The Morgan fingerprint density at radius 2 is 0.786 bits per heavy atom. The van der Waals surface area contributed by atoms with Crippen LogP contribution in [0.5, 0.6) is 0 Å². The molecule has 0 saturated heterocycles. The summed E-state index contributed by atoms with van der Waals surface area (Å²) < 4.78 is 0. The summed E-state index contributed by atoms with van der Waals surface area (Å²) >= 11 is 0. The maximum absolute atomic E-state index is 5.92. The van der Waals surface area contributed by atoms with Crippen molar-refractivity contribution in [1.29, 1.82) is 0 Å². The van der Waals surface area contributed by atoms with Gasteiger partial charge < -0.3 is 0 Å². The van der Waals surface area contributed by atoms with Crippen LogP contribution in [0, 0.1) is 12.1 Å². The van der Waals surface area contributed by atoms with Crippen molar-refractivity contribution in [3.05, 3.63) is 0 Å². The van der Waals surface area contributed by atoms with Gasteiger partial charge in [0.25, 0.3) is 0 Å². The lowest BCUT2D eigenvalue weighted by Crippen LogP contribution is -2.28. The van der Waals surface area contributed by atoms with Crippen molar-refractivity contribution in [2.24, 2.45) is 0 Å². The molecule has 28 heavy (non-hydrogen) atoms. The van der Waals surface area contributed by atoms with Crippen LogP contribution in [-0.2, 0) is 0 Å². The van der Waals surface area contributed by atoms with Gasteiger partial charge in [0.05, 0.1) is 7.74 Å². The number of hydrogen-bond acceptors (Lipinski definition) is 0. The van der Waals surface area contributed by atoms with Gasteiger partial charge in [0, 0.05) is 0 Å². The van der Waals surface area contributed by atoms with E-state index < -0.39 is 7.74 Å². The highest BCUT2D eigenvalue weighted by atomic mass is 31.3. The molecule has 1 unspecified atom stereocenters. The van der Waals surface area contributed by atoms with E-state index in [9.17, 15) is 0 Å². The second-order valence-corrected chi connectivity index (χ2v) is 17.6. The number of unbranched alkanes of at least 4 members (excludes halogenated alkanes) is 15. The Morgan fingerprint density at radius 3 is 1.07 bits per heavy atom.